The third-order valence-electron chi connectivity index (χ3n) is 2.62. The monoisotopic (exact) mass is 352 g/mol. The van der Waals surface area contributed by atoms with Crippen molar-refractivity contribution < 1.29 is 18.1 Å². The number of halogens is 3. The van der Waals surface area contributed by atoms with Crippen LogP contribution in [0.15, 0.2) is 22.0 Å². The van der Waals surface area contributed by atoms with Gasteiger partial charge in [-0.15, -0.1) is 23.7 Å². The quantitative estimate of drug-likeness (QED) is 0.793. The number of carbonyl (C=O) groups excluding carboxylic acids is 1. The Morgan fingerprint density at radius 1 is 1.50 bits per heavy atom. The summed E-state index contributed by atoms with van der Waals surface area (Å²) in [6.45, 7) is -1.58. The molecule has 0 aliphatic heterocycles. The first-order valence-electron chi connectivity index (χ1n) is 6.21. The molecule has 0 aliphatic rings. The van der Waals surface area contributed by atoms with Gasteiger partial charge in [-0.05, 0) is 11.4 Å². The van der Waals surface area contributed by atoms with E-state index in [2.05, 4.69) is 15.5 Å². The van der Waals surface area contributed by atoms with Crippen LogP contribution in [0.5, 0.6) is 0 Å². The number of nitrogens with two attached hydrogens (primary N) is 1. The van der Waals surface area contributed by atoms with Gasteiger partial charge in [0.05, 0.1) is 18.0 Å². The molecule has 6 nitrogen and oxygen atoms in total. The highest BCUT2D eigenvalue weighted by atomic mass is 35.5. The van der Waals surface area contributed by atoms with Gasteiger partial charge in [-0.25, -0.2) is 8.78 Å². The SMILES string of the molecule is Cl.NCC(F)(F)CNC(=O)CCc1nc(-c2cccs2)no1. The highest BCUT2D eigenvalue weighted by Gasteiger charge is 2.27. The molecule has 2 rings (SSSR count). The summed E-state index contributed by atoms with van der Waals surface area (Å²) >= 11 is 1.47. The Hall–Kier alpha value is -1.58. The van der Waals surface area contributed by atoms with E-state index in [0.717, 1.165) is 4.88 Å². The van der Waals surface area contributed by atoms with Crippen molar-refractivity contribution >= 4 is 29.7 Å². The molecule has 0 bridgehead atoms. The molecule has 2 aromatic heterocycles. The standard InChI is InChI=1S/C12H14F2N4O2S.ClH/c13-12(14,6-15)7-16-9(19)3-4-10-17-11(18-20-10)8-2-1-5-21-8;/h1-2,5H,3-4,6-7,15H2,(H,16,19);1H. The predicted octanol–water partition coefficient (Wildman–Crippen LogP) is 1.86. The van der Waals surface area contributed by atoms with E-state index in [0.29, 0.717) is 11.7 Å². The second-order valence-corrected chi connectivity index (χ2v) is 5.27. The zero-order chi connectivity index (χ0) is 15.3. The van der Waals surface area contributed by atoms with Crippen molar-refractivity contribution in [2.24, 2.45) is 5.73 Å². The van der Waals surface area contributed by atoms with Crippen LogP contribution in [-0.4, -0.2) is 35.1 Å². The first-order chi connectivity index (χ1) is 10.00. The summed E-state index contributed by atoms with van der Waals surface area (Å²) in [5, 5.41) is 7.80. The molecule has 0 saturated heterocycles. The molecule has 0 fully saturated rings. The smallest absolute Gasteiger partial charge is 0.277 e. The van der Waals surface area contributed by atoms with Crippen molar-refractivity contribution in [2.75, 3.05) is 13.1 Å². The second kappa shape index (κ2) is 8.16. The Kier molecular flexibility index (Phi) is 6.85. The van der Waals surface area contributed by atoms with Crippen molar-refractivity contribution in [1.82, 2.24) is 15.5 Å². The van der Waals surface area contributed by atoms with Gasteiger partial charge in [-0.1, -0.05) is 11.2 Å². The van der Waals surface area contributed by atoms with Crippen LogP contribution in [0.3, 0.4) is 0 Å². The van der Waals surface area contributed by atoms with Gasteiger partial charge < -0.3 is 15.6 Å². The number of hydrogen-bond acceptors (Lipinski definition) is 6. The van der Waals surface area contributed by atoms with Crippen LogP contribution in [0.25, 0.3) is 10.7 Å². The van der Waals surface area contributed by atoms with Crippen LogP contribution in [0.2, 0.25) is 0 Å². The maximum absolute atomic E-state index is 12.9. The molecule has 0 spiro atoms. The lowest BCUT2D eigenvalue weighted by molar-refractivity contribution is -0.122. The van der Waals surface area contributed by atoms with Gasteiger partial charge in [0, 0.05) is 12.8 Å². The van der Waals surface area contributed by atoms with Gasteiger partial charge in [0.2, 0.25) is 17.6 Å². The molecule has 10 heteroatoms. The summed E-state index contributed by atoms with van der Waals surface area (Å²) in [7, 11) is 0. The van der Waals surface area contributed by atoms with Crippen LogP contribution in [0, 0.1) is 0 Å². The van der Waals surface area contributed by atoms with Gasteiger partial charge in [-0.2, -0.15) is 4.98 Å². The first-order valence-corrected chi connectivity index (χ1v) is 7.09. The van der Waals surface area contributed by atoms with Gasteiger partial charge in [-0.3, -0.25) is 4.79 Å². The third kappa shape index (κ3) is 5.32. The summed E-state index contributed by atoms with van der Waals surface area (Å²) in [4.78, 5) is 16.4. The fourth-order valence-corrected chi connectivity index (χ4v) is 2.12. The molecule has 0 aromatic carbocycles. The lowest BCUT2D eigenvalue weighted by Gasteiger charge is -2.14. The molecule has 2 aromatic rings. The van der Waals surface area contributed by atoms with Gasteiger partial charge in [0.25, 0.3) is 5.92 Å². The molecular weight excluding hydrogens is 338 g/mol. The molecule has 0 saturated carbocycles. The Balaban J connectivity index is 0.00000242. The molecule has 0 radical (unpaired) electrons. The van der Waals surface area contributed by atoms with Crippen LogP contribution < -0.4 is 11.1 Å². The zero-order valence-electron chi connectivity index (χ0n) is 11.4. The van der Waals surface area contributed by atoms with E-state index < -0.39 is 24.9 Å². The number of hydrogen-bond donors (Lipinski definition) is 2. The number of thiophene rings is 1. The lowest BCUT2D eigenvalue weighted by Crippen LogP contribution is -2.41. The van der Waals surface area contributed by atoms with Gasteiger partial charge in [0.1, 0.15) is 0 Å². The molecule has 3 N–H and O–H groups in total. The number of rotatable bonds is 7. The number of nitrogens with zero attached hydrogens (tertiary/aromatic N) is 2. The normalized spacial score (nSPS) is 11.0. The zero-order valence-corrected chi connectivity index (χ0v) is 13.1. The molecule has 0 aliphatic carbocycles. The van der Waals surface area contributed by atoms with Crippen molar-refractivity contribution in [2.45, 2.75) is 18.8 Å². The van der Waals surface area contributed by atoms with E-state index in [4.69, 9.17) is 10.3 Å². The molecule has 122 valence electrons. The summed E-state index contributed by atoms with van der Waals surface area (Å²) in [5.74, 6) is -2.86. The van der Waals surface area contributed by atoms with E-state index in [1.165, 1.54) is 11.3 Å². The number of amides is 1. The maximum atomic E-state index is 12.9. The number of carbonyl (C=O) groups is 1. The maximum Gasteiger partial charge on any atom is 0.277 e. The highest BCUT2D eigenvalue weighted by Crippen LogP contribution is 2.21. The average molecular weight is 353 g/mol. The van der Waals surface area contributed by atoms with Crippen LogP contribution in [0.4, 0.5) is 8.78 Å². The summed E-state index contributed by atoms with van der Waals surface area (Å²) in [6, 6.07) is 3.71. The molecule has 2 heterocycles. The van der Waals surface area contributed by atoms with Crippen LogP contribution in [-0.2, 0) is 11.2 Å². The Labute approximate surface area is 135 Å². The molecule has 0 unspecified atom stereocenters. The van der Waals surface area contributed by atoms with Crippen molar-refractivity contribution in [3.05, 3.63) is 23.4 Å². The van der Waals surface area contributed by atoms with Crippen LogP contribution >= 0.6 is 23.7 Å². The largest absolute Gasteiger partial charge is 0.350 e. The van der Waals surface area contributed by atoms with E-state index >= 15 is 0 Å². The fourth-order valence-electron chi connectivity index (χ4n) is 1.47. The third-order valence-corrected chi connectivity index (χ3v) is 3.48. The number of aryl methyl sites for hydroxylation is 1. The van der Waals surface area contributed by atoms with Crippen molar-refractivity contribution in [1.29, 1.82) is 0 Å². The molecule has 1 amide bonds. The van der Waals surface area contributed by atoms with Crippen LogP contribution in [0.1, 0.15) is 12.3 Å². The molecule has 22 heavy (non-hydrogen) atoms. The van der Waals surface area contributed by atoms with E-state index in [9.17, 15) is 13.6 Å². The summed E-state index contributed by atoms with van der Waals surface area (Å²) in [6.07, 6.45) is 0.186. The van der Waals surface area contributed by atoms with E-state index in [-0.39, 0.29) is 25.2 Å². The minimum absolute atomic E-state index is 0. The molecular formula is C12H15ClF2N4O2S. The van der Waals surface area contributed by atoms with E-state index in [1.54, 1.807) is 0 Å². The Morgan fingerprint density at radius 2 is 2.27 bits per heavy atom. The van der Waals surface area contributed by atoms with Crippen molar-refractivity contribution in [3.63, 3.8) is 0 Å². The lowest BCUT2D eigenvalue weighted by atomic mass is 10.2. The van der Waals surface area contributed by atoms with Gasteiger partial charge in [0.15, 0.2) is 0 Å². The average Bonchev–Trinajstić information content (AvgIpc) is 3.13. The summed E-state index contributed by atoms with van der Waals surface area (Å²) < 4.78 is 30.7. The first kappa shape index (κ1) is 18.5. The Bertz CT molecular complexity index is 592. The number of aromatic nitrogens is 2. The number of alkyl halides is 2. The molecule has 0 atom stereocenters. The van der Waals surface area contributed by atoms with Crippen molar-refractivity contribution in [3.8, 4) is 10.7 Å². The highest BCUT2D eigenvalue weighted by molar-refractivity contribution is 7.13. The topological polar surface area (TPSA) is 94.0 Å². The van der Waals surface area contributed by atoms with Gasteiger partial charge >= 0.3 is 0 Å². The minimum atomic E-state index is -3.09. The fraction of sp³-hybridized carbons (Fsp3) is 0.417. The second-order valence-electron chi connectivity index (χ2n) is 4.33. The van der Waals surface area contributed by atoms with E-state index in [1.807, 2.05) is 17.5 Å². The predicted molar refractivity (Wildman–Crippen MR) is 80.2 cm³/mol. The number of nitrogens with one attached hydrogen (secondary N) is 1. The minimum Gasteiger partial charge on any atom is -0.350 e. The Morgan fingerprint density at radius 3 is 2.91 bits per heavy atom. The summed E-state index contributed by atoms with van der Waals surface area (Å²) in [5.41, 5.74) is 4.87.